The zero-order chi connectivity index (χ0) is 10.4. The van der Waals surface area contributed by atoms with E-state index in [2.05, 4.69) is 18.6 Å². The molecule has 0 amide bonds. The molecule has 2 heteroatoms. The van der Waals surface area contributed by atoms with Gasteiger partial charge < -0.3 is 4.74 Å². The summed E-state index contributed by atoms with van der Waals surface area (Å²) in [6.07, 6.45) is 1.21. The molecule has 0 N–H and O–H groups in total. The maximum absolute atomic E-state index is 9.72. The summed E-state index contributed by atoms with van der Waals surface area (Å²) in [4.78, 5) is 9.72. The lowest BCUT2D eigenvalue weighted by Gasteiger charge is -1.97. The Morgan fingerprint density at radius 1 is 1.14 bits per heavy atom. The summed E-state index contributed by atoms with van der Waals surface area (Å²) >= 11 is 0. The van der Waals surface area contributed by atoms with E-state index < -0.39 is 0 Å². The summed E-state index contributed by atoms with van der Waals surface area (Å²) < 4.78 is 4.69. The smallest absolute Gasteiger partial charge is 0.293 e. The van der Waals surface area contributed by atoms with E-state index in [0.29, 0.717) is 6.47 Å². The van der Waals surface area contributed by atoms with Crippen molar-refractivity contribution >= 4 is 6.47 Å². The molecule has 0 saturated heterocycles. The predicted octanol–water partition coefficient (Wildman–Crippen LogP) is 2.64. The van der Waals surface area contributed by atoms with Crippen LogP contribution in [0.25, 0.3) is 0 Å². The Morgan fingerprint density at radius 3 is 1.64 bits per heavy atom. The highest BCUT2D eigenvalue weighted by Gasteiger charge is 2.47. The summed E-state index contributed by atoms with van der Waals surface area (Å²) in [5.41, 5.74) is 0.265. The van der Waals surface area contributed by atoms with Crippen LogP contribution < -0.4 is 0 Å². The van der Waals surface area contributed by atoms with Gasteiger partial charge in [-0.3, -0.25) is 4.79 Å². The van der Waals surface area contributed by atoms with Gasteiger partial charge in [0.25, 0.3) is 6.47 Å². The molecule has 1 saturated carbocycles. The molecule has 1 atom stereocenters. The largest absolute Gasteiger partial charge is 0.464 e. The molecule has 1 aromatic rings. The van der Waals surface area contributed by atoms with Crippen LogP contribution in [0.15, 0.2) is 36.4 Å². The van der Waals surface area contributed by atoms with Gasteiger partial charge >= 0.3 is 0 Å². The topological polar surface area (TPSA) is 26.3 Å². The number of hydrogen-bond donors (Lipinski definition) is 0. The molecule has 2 nitrogen and oxygen atoms in total. The number of carbonyl (C=O) groups excluding carboxylic acids is 1. The van der Waals surface area contributed by atoms with Crippen molar-refractivity contribution in [3.05, 3.63) is 36.4 Å². The SMILES string of the molecule is CC1(C)CC1OC=O.c1ccccc1. The molecular weight excluding hydrogens is 176 g/mol. The average Bonchev–Trinajstić information content (AvgIpc) is 2.78. The van der Waals surface area contributed by atoms with Crippen molar-refractivity contribution in [1.82, 2.24) is 0 Å². The third kappa shape index (κ3) is 3.60. The van der Waals surface area contributed by atoms with Crippen LogP contribution in [-0.4, -0.2) is 12.6 Å². The number of ether oxygens (including phenoxy) is 1. The van der Waals surface area contributed by atoms with Gasteiger partial charge in [0, 0.05) is 5.41 Å². The van der Waals surface area contributed by atoms with E-state index in [1.54, 1.807) is 0 Å². The fourth-order valence-electron chi connectivity index (χ4n) is 1.10. The molecule has 76 valence electrons. The van der Waals surface area contributed by atoms with Crippen molar-refractivity contribution in [2.45, 2.75) is 26.4 Å². The van der Waals surface area contributed by atoms with Crippen LogP contribution in [0.2, 0.25) is 0 Å². The van der Waals surface area contributed by atoms with E-state index in [0.717, 1.165) is 6.42 Å². The second-order valence-corrected chi connectivity index (χ2v) is 4.07. The summed E-state index contributed by atoms with van der Waals surface area (Å²) in [6, 6.07) is 12.0. The van der Waals surface area contributed by atoms with Gasteiger partial charge in [-0.25, -0.2) is 0 Å². The quantitative estimate of drug-likeness (QED) is 0.673. The van der Waals surface area contributed by atoms with Crippen molar-refractivity contribution in [3.8, 4) is 0 Å². The fraction of sp³-hybridized carbons (Fsp3) is 0.417. The lowest BCUT2D eigenvalue weighted by atomic mass is 10.2. The highest BCUT2D eigenvalue weighted by molar-refractivity contribution is 5.38. The molecule has 1 fully saturated rings. The van der Waals surface area contributed by atoms with E-state index in [-0.39, 0.29) is 11.5 Å². The van der Waals surface area contributed by atoms with Crippen LogP contribution in [0.3, 0.4) is 0 Å². The molecule has 0 bridgehead atoms. The van der Waals surface area contributed by atoms with Crippen molar-refractivity contribution in [2.75, 3.05) is 0 Å². The zero-order valence-corrected chi connectivity index (χ0v) is 8.64. The molecule has 0 radical (unpaired) electrons. The molecule has 1 aromatic carbocycles. The van der Waals surface area contributed by atoms with Crippen LogP contribution in [0.1, 0.15) is 20.3 Å². The predicted molar refractivity (Wildman–Crippen MR) is 55.8 cm³/mol. The lowest BCUT2D eigenvalue weighted by molar-refractivity contribution is -0.130. The molecule has 1 unspecified atom stereocenters. The van der Waals surface area contributed by atoms with Gasteiger partial charge in [0.1, 0.15) is 6.10 Å². The maximum atomic E-state index is 9.72. The first kappa shape index (κ1) is 10.8. The van der Waals surface area contributed by atoms with Crippen LogP contribution in [-0.2, 0) is 9.53 Å². The summed E-state index contributed by atoms with van der Waals surface area (Å²) in [5, 5.41) is 0. The lowest BCUT2D eigenvalue weighted by Crippen LogP contribution is -1.98. The van der Waals surface area contributed by atoms with Gasteiger partial charge in [-0.1, -0.05) is 50.2 Å². The summed E-state index contributed by atoms with van der Waals surface area (Å²) in [5.74, 6) is 0. The molecule has 1 aliphatic rings. The van der Waals surface area contributed by atoms with E-state index in [1.807, 2.05) is 36.4 Å². The molecule has 1 aliphatic carbocycles. The van der Waals surface area contributed by atoms with Gasteiger partial charge in [0.15, 0.2) is 0 Å². The third-order valence-electron chi connectivity index (χ3n) is 2.31. The summed E-state index contributed by atoms with van der Waals surface area (Å²) in [7, 11) is 0. The van der Waals surface area contributed by atoms with E-state index in [9.17, 15) is 4.79 Å². The Morgan fingerprint density at radius 2 is 1.50 bits per heavy atom. The van der Waals surface area contributed by atoms with Crippen LogP contribution >= 0.6 is 0 Å². The number of hydrogen-bond acceptors (Lipinski definition) is 2. The number of benzene rings is 1. The molecule has 2 rings (SSSR count). The monoisotopic (exact) mass is 192 g/mol. The zero-order valence-electron chi connectivity index (χ0n) is 8.64. The van der Waals surface area contributed by atoms with Gasteiger partial charge in [-0.2, -0.15) is 0 Å². The maximum Gasteiger partial charge on any atom is 0.293 e. The average molecular weight is 192 g/mol. The van der Waals surface area contributed by atoms with Gasteiger partial charge in [0.2, 0.25) is 0 Å². The Kier molecular flexibility index (Phi) is 3.69. The van der Waals surface area contributed by atoms with Crippen molar-refractivity contribution < 1.29 is 9.53 Å². The van der Waals surface area contributed by atoms with E-state index in [1.165, 1.54) is 0 Å². The van der Waals surface area contributed by atoms with Crippen molar-refractivity contribution in [3.63, 3.8) is 0 Å². The minimum Gasteiger partial charge on any atom is -0.464 e. The molecular formula is C12H16O2. The first-order valence-corrected chi connectivity index (χ1v) is 4.76. The Bertz CT molecular complexity index is 240. The van der Waals surface area contributed by atoms with Gasteiger partial charge in [0.05, 0.1) is 0 Å². The Labute approximate surface area is 84.9 Å². The van der Waals surface area contributed by atoms with Crippen LogP contribution in [0, 0.1) is 5.41 Å². The first-order chi connectivity index (χ1) is 6.67. The van der Waals surface area contributed by atoms with E-state index >= 15 is 0 Å². The Hall–Kier alpha value is -1.31. The fourth-order valence-corrected chi connectivity index (χ4v) is 1.10. The molecule has 0 aliphatic heterocycles. The third-order valence-corrected chi connectivity index (χ3v) is 2.31. The van der Waals surface area contributed by atoms with Crippen LogP contribution in [0.4, 0.5) is 0 Å². The van der Waals surface area contributed by atoms with Crippen molar-refractivity contribution in [1.29, 1.82) is 0 Å². The minimum atomic E-state index is 0.194. The minimum absolute atomic E-state index is 0.194. The van der Waals surface area contributed by atoms with Gasteiger partial charge in [-0.05, 0) is 6.42 Å². The first-order valence-electron chi connectivity index (χ1n) is 4.76. The highest BCUT2D eigenvalue weighted by atomic mass is 16.5. The normalized spacial score (nSPS) is 21.4. The highest BCUT2D eigenvalue weighted by Crippen LogP contribution is 2.46. The van der Waals surface area contributed by atoms with Crippen LogP contribution in [0.5, 0.6) is 0 Å². The second kappa shape index (κ2) is 4.80. The summed E-state index contributed by atoms with van der Waals surface area (Å²) in [6.45, 7) is 4.70. The van der Waals surface area contributed by atoms with Gasteiger partial charge in [-0.15, -0.1) is 0 Å². The Balaban J connectivity index is 0.000000146. The molecule has 0 spiro atoms. The number of carbonyl (C=O) groups is 1. The number of rotatable bonds is 2. The second-order valence-electron chi connectivity index (χ2n) is 4.07. The molecule has 0 heterocycles. The molecule has 14 heavy (non-hydrogen) atoms. The van der Waals surface area contributed by atoms with Crippen molar-refractivity contribution in [2.24, 2.45) is 5.41 Å². The molecule has 0 aromatic heterocycles. The standard InChI is InChI=1S/C6H10O2.C6H6/c1-6(2)3-5(6)8-4-7;1-2-4-6-5-3-1/h4-5H,3H2,1-2H3;1-6H. The van der Waals surface area contributed by atoms with E-state index in [4.69, 9.17) is 0 Å².